The van der Waals surface area contributed by atoms with Crippen LogP contribution in [0.4, 0.5) is 11.4 Å². The van der Waals surface area contributed by atoms with Gasteiger partial charge in [-0.25, -0.2) is 0 Å². The molecule has 0 saturated carbocycles. The second-order valence-corrected chi connectivity index (χ2v) is 12.6. The first-order valence-electron chi connectivity index (χ1n) is 14.7. The number of carbonyl (C=O) groups excluding carboxylic acids is 1. The fraction of sp³-hybridized carbons (Fsp3) is 0.343. The highest BCUT2D eigenvalue weighted by molar-refractivity contribution is 7.80. The van der Waals surface area contributed by atoms with Crippen LogP contribution in [0.1, 0.15) is 73.6 Å². The van der Waals surface area contributed by atoms with Crippen LogP contribution in [-0.4, -0.2) is 27.7 Å². The summed E-state index contributed by atoms with van der Waals surface area (Å²) in [5.74, 6) is 0.482. The van der Waals surface area contributed by atoms with E-state index in [1.54, 1.807) is 7.11 Å². The van der Waals surface area contributed by atoms with Crippen LogP contribution in [0.5, 0.6) is 5.75 Å². The Labute approximate surface area is 260 Å². The molecular formula is C35H41N5O2S. The van der Waals surface area contributed by atoms with Crippen molar-refractivity contribution in [1.82, 2.24) is 14.9 Å². The third kappa shape index (κ3) is 5.64. The number of carbonyl (C=O) groups is 1. The van der Waals surface area contributed by atoms with Gasteiger partial charge in [0.05, 0.1) is 36.3 Å². The first-order chi connectivity index (χ1) is 20.5. The summed E-state index contributed by atoms with van der Waals surface area (Å²) in [6.45, 7) is 14.4. The van der Waals surface area contributed by atoms with Gasteiger partial charge in [-0.05, 0) is 86.4 Å². The van der Waals surface area contributed by atoms with Crippen LogP contribution in [0.25, 0.3) is 5.69 Å². The van der Waals surface area contributed by atoms with Gasteiger partial charge in [0.25, 0.3) is 0 Å². The summed E-state index contributed by atoms with van der Waals surface area (Å²) >= 11 is 6.01. The molecule has 43 heavy (non-hydrogen) atoms. The van der Waals surface area contributed by atoms with Crippen LogP contribution in [0.15, 0.2) is 66.9 Å². The maximum atomic E-state index is 12.8. The minimum Gasteiger partial charge on any atom is -0.494 e. The number of rotatable bonds is 7. The molecule has 0 spiro atoms. The van der Waals surface area contributed by atoms with Crippen LogP contribution < -0.4 is 20.3 Å². The summed E-state index contributed by atoms with van der Waals surface area (Å²) in [6, 6.07) is 20.2. The van der Waals surface area contributed by atoms with Crippen LogP contribution in [0, 0.1) is 26.2 Å². The topological polar surface area (TPSA) is 71.4 Å². The lowest BCUT2D eigenvalue weighted by Gasteiger charge is -2.29. The van der Waals surface area contributed by atoms with E-state index in [1.807, 2.05) is 63.4 Å². The van der Waals surface area contributed by atoms with Crippen molar-refractivity contribution in [3.05, 3.63) is 101 Å². The number of amides is 1. The van der Waals surface area contributed by atoms with Crippen LogP contribution >= 0.6 is 12.2 Å². The molecule has 2 atom stereocenters. The highest BCUT2D eigenvalue weighted by Gasteiger charge is 2.42. The Kier molecular flexibility index (Phi) is 8.34. The molecule has 2 aromatic heterocycles. The van der Waals surface area contributed by atoms with E-state index >= 15 is 0 Å². The summed E-state index contributed by atoms with van der Waals surface area (Å²) in [6.07, 6.45) is 2.76. The van der Waals surface area contributed by atoms with Crippen LogP contribution in [-0.2, 0) is 11.2 Å². The molecule has 0 aliphatic carbocycles. The van der Waals surface area contributed by atoms with Gasteiger partial charge in [-0.2, -0.15) is 0 Å². The lowest BCUT2D eigenvalue weighted by Crippen LogP contribution is -2.30. The molecule has 2 N–H and O–H groups in total. The molecule has 1 saturated heterocycles. The highest BCUT2D eigenvalue weighted by Crippen LogP contribution is 2.45. The minimum atomic E-state index is -0.539. The monoisotopic (exact) mass is 595 g/mol. The standard InChI is InChI=1S/C35H41N5O2S/c1-9-24-14-12-13-21(2)31(24)39-22(3)19-26(23(39)4)32-30(28-15-10-11-18-36-28)38-34(43)40(32)25-16-17-27(29(20-25)42-8)37-33(41)35(5,6)7/h10-20,30,32H,9H2,1-8H3,(H,37,41)(H,38,43)/t30-,32-/m1/s1. The smallest absolute Gasteiger partial charge is 0.229 e. The number of aryl methyl sites for hydroxylation is 3. The average Bonchev–Trinajstić information content (AvgIpc) is 3.47. The number of nitrogens with one attached hydrogen (secondary N) is 2. The largest absolute Gasteiger partial charge is 0.494 e. The molecule has 3 heterocycles. The maximum absolute atomic E-state index is 12.8. The Morgan fingerprint density at radius 1 is 1.07 bits per heavy atom. The zero-order valence-corrected chi connectivity index (χ0v) is 27.1. The van der Waals surface area contributed by atoms with Crippen molar-refractivity contribution in [1.29, 1.82) is 0 Å². The van der Waals surface area contributed by atoms with Gasteiger partial charge in [0.1, 0.15) is 5.75 Å². The van der Waals surface area contributed by atoms with E-state index in [1.165, 1.54) is 16.8 Å². The Balaban J connectivity index is 1.66. The zero-order valence-electron chi connectivity index (χ0n) is 26.3. The summed E-state index contributed by atoms with van der Waals surface area (Å²) in [5.41, 5.74) is 9.12. The minimum absolute atomic E-state index is 0.0832. The average molecular weight is 596 g/mol. The van der Waals surface area contributed by atoms with Crippen molar-refractivity contribution in [2.45, 2.75) is 67.0 Å². The second-order valence-electron chi connectivity index (χ2n) is 12.2. The Morgan fingerprint density at radius 3 is 2.49 bits per heavy atom. The zero-order chi connectivity index (χ0) is 31.1. The normalized spacial score (nSPS) is 16.7. The van der Waals surface area contributed by atoms with Gasteiger partial charge in [0.15, 0.2) is 5.11 Å². The summed E-state index contributed by atoms with van der Waals surface area (Å²) in [4.78, 5) is 19.7. The van der Waals surface area contributed by atoms with Crippen molar-refractivity contribution >= 4 is 34.6 Å². The summed E-state index contributed by atoms with van der Waals surface area (Å²) in [5, 5.41) is 7.20. The van der Waals surface area contributed by atoms with E-state index in [4.69, 9.17) is 21.9 Å². The van der Waals surface area contributed by atoms with E-state index in [-0.39, 0.29) is 18.0 Å². The number of nitrogens with zero attached hydrogens (tertiary/aromatic N) is 3. The van der Waals surface area contributed by atoms with Gasteiger partial charge in [-0.1, -0.05) is 52.0 Å². The summed E-state index contributed by atoms with van der Waals surface area (Å²) in [7, 11) is 1.61. The molecule has 7 nitrogen and oxygen atoms in total. The number of hydrogen-bond acceptors (Lipinski definition) is 4. The predicted molar refractivity (Wildman–Crippen MR) is 178 cm³/mol. The molecule has 0 bridgehead atoms. The number of methoxy groups -OCH3 is 1. The predicted octanol–water partition coefficient (Wildman–Crippen LogP) is 7.53. The molecule has 1 aliphatic heterocycles. The Hall–Kier alpha value is -4.17. The van der Waals surface area contributed by atoms with Gasteiger partial charge in [0, 0.05) is 34.8 Å². The fourth-order valence-corrected chi connectivity index (χ4v) is 6.29. The van der Waals surface area contributed by atoms with Gasteiger partial charge in [-0.3, -0.25) is 9.78 Å². The number of aromatic nitrogens is 2. The van der Waals surface area contributed by atoms with Crippen LogP contribution in [0.3, 0.4) is 0 Å². The SMILES string of the molecule is CCc1cccc(C)c1-n1c(C)cc([C@@H]2[C@@H](c3ccccn3)NC(=S)N2c2ccc(NC(=O)C(C)(C)C)c(OC)c2)c1C. The fourth-order valence-electron chi connectivity index (χ4n) is 5.95. The molecule has 0 unspecified atom stereocenters. The second kappa shape index (κ2) is 11.8. The molecule has 2 aromatic carbocycles. The van der Waals surface area contributed by atoms with Crippen molar-refractivity contribution in [3.63, 3.8) is 0 Å². The first-order valence-corrected chi connectivity index (χ1v) is 15.1. The third-order valence-corrected chi connectivity index (χ3v) is 8.52. The summed E-state index contributed by atoms with van der Waals surface area (Å²) < 4.78 is 8.15. The number of pyridine rings is 1. The molecule has 0 radical (unpaired) electrons. The molecule has 1 aliphatic rings. The lowest BCUT2D eigenvalue weighted by molar-refractivity contribution is -0.123. The van der Waals surface area contributed by atoms with Gasteiger partial charge in [0.2, 0.25) is 5.91 Å². The Morgan fingerprint density at radius 2 is 1.84 bits per heavy atom. The molecule has 224 valence electrons. The van der Waals surface area contributed by atoms with E-state index in [0.717, 1.165) is 34.8 Å². The highest BCUT2D eigenvalue weighted by atomic mass is 32.1. The van der Waals surface area contributed by atoms with Crippen LogP contribution in [0.2, 0.25) is 0 Å². The van der Waals surface area contributed by atoms with E-state index in [9.17, 15) is 4.79 Å². The quantitative estimate of drug-likeness (QED) is 0.215. The molecule has 8 heteroatoms. The molecule has 1 amide bonds. The van der Waals surface area contributed by atoms with Gasteiger partial charge in [-0.15, -0.1) is 0 Å². The molecular weight excluding hydrogens is 554 g/mol. The van der Waals surface area contributed by atoms with Crippen molar-refractivity contribution in [3.8, 4) is 11.4 Å². The van der Waals surface area contributed by atoms with Crippen molar-refractivity contribution < 1.29 is 9.53 Å². The number of anilines is 2. The maximum Gasteiger partial charge on any atom is 0.229 e. The Bertz CT molecular complexity index is 1670. The van der Waals surface area contributed by atoms with Crippen molar-refractivity contribution in [2.75, 3.05) is 17.3 Å². The first kappa shape index (κ1) is 30.3. The van der Waals surface area contributed by atoms with E-state index in [2.05, 4.69) is 72.1 Å². The molecule has 1 fully saturated rings. The number of ether oxygens (including phenoxy) is 1. The van der Waals surface area contributed by atoms with Gasteiger partial charge >= 0.3 is 0 Å². The third-order valence-electron chi connectivity index (χ3n) is 8.21. The molecule has 4 aromatic rings. The number of benzene rings is 2. The molecule has 5 rings (SSSR count). The van der Waals surface area contributed by atoms with E-state index < -0.39 is 5.41 Å². The lowest BCUT2D eigenvalue weighted by atomic mass is 9.95. The number of hydrogen-bond donors (Lipinski definition) is 2. The van der Waals surface area contributed by atoms with Crippen molar-refractivity contribution in [2.24, 2.45) is 5.41 Å². The van der Waals surface area contributed by atoms with Gasteiger partial charge < -0.3 is 24.8 Å². The number of para-hydroxylation sites is 1. The number of thiocarbonyl (C=S) groups is 1. The van der Waals surface area contributed by atoms with E-state index in [0.29, 0.717) is 16.5 Å².